The van der Waals surface area contributed by atoms with E-state index in [1.807, 2.05) is 0 Å². The first-order chi connectivity index (χ1) is 21.7. The molecule has 0 unspecified atom stereocenters. The van der Waals surface area contributed by atoms with Gasteiger partial charge >= 0.3 is 0 Å². The van der Waals surface area contributed by atoms with Crippen molar-refractivity contribution in [2.75, 3.05) is 22.1 Å². The van der Waals surface area contributed by atoms with Gasteiger partial charge in [-0.15, -0.1) is 0 Å². The van der Waals surface area contributed by atoms with Crippen LogP contribution in [-0.2, 0) is 14.4 Å². The van der Waals surface area contributed by atoms with Gasteiger partial charge in [0.05, 0.1) is 0 Å². The SMILES string of the molecule is CC(=O)Cl.CC(=O)Nc1ccc2c(c1)C(=O)c1cc(NC(C)=O)ccc1C2=O.Nc1ccc2c(c1)C(=O)c1cc(N)ccc1C2=O. The summed E-state index contributed by atoms with van der Waals surface area (Å²) in [5.74, 6) is -1.49. The predicted molar refractivity (Wildman–Crippen MR) is 173 cm³/mol. The van der Waals surface area contributed by atoms with Gasteiger partial charge in [-0.25, -0.2) is 0 Å². The maximum Gasteiger partial charge on any atom is 0.221 e. The highest BCUT2D eigenvalue weighted by Crippen LogP contribution is 2.32. The van der Waals surface area contributed by atoms with Gasteiger partial charge in [-0.05, 0) is 84.4 Å². The number of nitrogens with one attached hydrogen (secondary N) is 2. The first-order valence-corrected chi connectivity index (χ1v) is 14.0. The van der Waals surface area contributed by atoms with Crippen LogP contribution in [0, 0.1) is 0 Å². The van der Waals surface area contributed by atoms with E-state index < -0.39 is 0 Å². The largest absolute Gasteiger partial charge is 0.399 e. The van der Waals surface area contributed by atoms with E-state index in [1.54, 1.807) is 36.4 Å². The van der Waals surface area contributed by atoms with E-state index in [1.165, 1.54) is 57.2 Å². The molecule has 0 heterocycles. The summed E-state index contributed by atoms with van der Waals surface area (Å²) in [6, 6.07) is 18.7. The molecule has 46 heavy (non-hydrogen) atoms. The number of ketones is 4. The minimum atomic E-state index is -0.361. The maximum absolute atomic E-state index is 12.8. The van der Waals surface area contributed by atoms with Gasteiger partial charge in [-0.1, -0.05) is 0 Å². The Morgan fingerprint density at radius 1 is 0.478 bits per heavy atom. The van der Waals surface area contributed by atoms with Crippen molar-refractivity contribution in [3.63, 3.8) is 0 Å². The fraction of sp³-hybridized carbons (Fsp3) is 0.0882. The van der Waals surface area contributed by atoms with E-state index in [4.69, 9.17) is 11.5 Å². The Morgan fingerprint density at radius 2 is 0.739 bits per heavy atom. The van der Waals surface area contributed by atoms with Crippen LogP contribution in [0.15, 0.2) is 72.8 Å². The average molecular weight is 639 g/mol. The number of anilines is 4. The third-order valence-corrected chi connectivity index (χ3v) is 6.72. The first-order valence-electron chi connectivity index (χ1n) is 13.6. The second-order valence-electron chi connectivity index (χ2n) is 10.3. The lowest BCUT2D eigenvalue weighted by Crippen LogP contribution is -2.22. The van der Waals surface area contributed by atoms with Crippen LogP contribution in [0.25, 0.3) is 0 Å². The van der Waals surface area contributed by atoms with Crippen LogP contribution in [0.1, 0.15) is 84.5 Å². The highest BCUT2D eigenvalue weighted by atomic mass is 35.5. The summed E-state index contributed by atoms with van der Waals surface area (Å²) in [7, 11) is 0. The Hall–Kier alpha value is -5.94. The van der Waals surface area contributed by atoms with Crippen molar-refractivity contribution in [3.05, 3.63) is 117 Å². The Kier molecular flexibility index (Phi) is 9.58. The molecule has 11 nitrogen and oxygen atoms in total. The molecular weight excluding hydrogens is 612 g/mol. The molecule has 0 saturated heterocycles. The Morgan fingerprint density at radius 3 is 1.04 bits per heavy atom. The zero-order valence-corrected chi connectivity index (χ0v) is 25.6. The predicted octanol–water partition coefficient (Wildman–Crippen LogP) is 4.78. The minimum absolute atomic E-state index is 0.167. The normalized spacial score (nSPS) is 12.1. The van der Waals surface area contributed by atoms with E-state index in [-0.39, 0.29) is 51.3 Å². The van der Waals surface area contributed by atoms with E-state index in [9.17, 15) is 33.6 Å². The van der Waals surface area contributed by atoms with Crippen molar-refractivity contribution in [2.45, 2.75) is 20.8 Å². The van der Waals surface area contributed by atoms with Crippen LogP contribution in [-0.4, -0.2) is 40.2 Å². The van der Waals surface area contributed by atoms with Crippen molar-refractivity contribution in [3.8, 4) is 0 Å². The van der Waals surface area contributed by atoms with Crippen LogP contribution < -0.4 is 22.1 Å². The third-order valence-electron chi connectivity index (χ3n) is 6.72. The molecule has 0 spiro atoms. The standard InChI is InChI=1S/C18H14N2O4.C14H10N2O2.C2H3ClO/c1-9(21)19-11-3-5-13-15(7-11)18(24)16-8-12(20-10(2)22)4-6-14(16)17(13)23;15-7-1-3-9-11(5-7)14(18)12-6-8(16)2-4-10(12)13(9)17;1-2(3)4/h3-8H,1-2H3,(H,19,21)(H,20,22);1-6H,15-16H2;1H3. The number of amides is 2. The Bertz CT molecular complexity index is 1870. The molecule has 2 amide bonds. The highest BCUT2D eigenvalue weighted by Gasteiger charge is 2.31. The van der Waals surface area contributed by atoms with Crippen LogP contribution in [0.5, 0.6) is 0 Å². The summed E-state index contributed by atoms with van der Waals surface area (Å²) in [6.45, 7) is 4.02. The van der Waals surface area contributed by atoms with Gasteiger partial charge in [0.25, 0.3) is 0 Å². The molecule has 2 aliphatic carbocycles. The zero-order valence-electron chi connectivity index (χ0n) is 24.8. The van der Waals surface area contributed by atoms with Gasteiger partial charge in [-0.3, -0.25) is 33.6 Å². The quantitative estimate of drug-likeness (QED) is 0.152. The summed E-state index contributed by atoms with van der Waals surface area (Å²) in [6.07, 6.45) is 0. The van der Waals surface area contributed by atoms with E-state index in [2.05, 4.69) is 22.2 Å². The summed E-state index contributed by atoms with van der Waals surface area (Å²) in [4.78, 5) is 81.4. The molecule has 0 fully saturated rings. The summed E-state index contributed by atoms with van der Waals surface area (Å²) in [5.41, 5.74) is 15.7. The molecule has 12 heteroatoms. The van der Waals surface area contributed by atoms with Crippen molar-refractivity contribution in [2.24, 2.45) is 0 Å². The van der Waals surface area contributed by atoms with Crippen molar-refractivity contribution < 1.29 is 33.6 Å². The molecule has 232 valence electrons. The van der Waals surface area contributed by atoms with Crippen molar-refractivity contribution in [1.82, 2.24) is 0 Å². The summed E-state index contributed by atoms with van der Waals surface area (Å²) in [5, 5.41) is 4.82. The van der Waals surface area contributed by atoms with E-state index >= 15 is 0 Å². The Balaban J connectivity index is 0.000000193. The molecule has 6 N–H and O–H groups in total. The van der Waals surface area contributed by atoms with E-state index in [0.717, 1.165) is 0 Å². The van der Waals surface area contributed by atoms with E-state index in [0.29, 0.717) is 56.1 Å². The van der Waals surface area contributed by atoms with Gasteiger partial charge in [0, 0.05) is 88.0 Å². The number of nitrogen functional groups attached to an aromatic ring is 2. The fourth-order valence-electron chi connectivity index (χ4n) is 4.90. The second-order valence-corrected chi connectivity index (χ2v) is 10.8. The van der Waals surface area contributed by atoms with Crippen LogP contribution in [0.2, 0.25) is 0 Å². The van der Waals surface area contributed by atoms with Gasteiger partial charge in [0.15, 0.2) is 23.1 Å². The molecule has 4 aromatic carbocycles. The van der Waals surface area contributed by atoms with Crippen LogP contribution in [0.3, 0.4) is 0 Å². The first kappa shape index (κ1) is 33.0. The molecule has 2 aliphatic rings. The molecule has 0 aliphatic heterocycles. The number of fused-ring (bicyclic) bond motifs is 4. The van der Waals surface area contributed by atoms with Crippen molar-refractivity contribution in [1.29, 1.82) is 0 Å². The molecule has 0 atom stereocenters. The number of rotatable bonds is 2. The lowest BCUT2D eigenvalue weighted by molar-refractivity contribution is -0.115. The number of hydrogen-bond donors (Lipinski definition) is 4. The van der Waals surface area contributed by atoms with Gasteiger partial charge in [-0.2, -0.15) is 0 Å². The number of halogens is 1. The Labute approximate surface area is 267 Å². The molecule has 0 bridgehead atoms. The molecule has 4 aromatic rings. The van der Waals surface area contributed by atoms with Crippen LogP contribution in [0.4, 0.5) is 22.7 Å². The number of hydrogen-bond acceptors (Lipinski definition) is 9. The lowest BCUT2D eigenvalue weighted by Gasteiger charge is -2.19. The molecule has 6 rings (SSSR count). The van der Waals surface area contributed by atoms with Crippen molar-refractivity contribution >= 4 is 74.5 Å². The number of carbonyl (C=O) groups is 7. The fourth-order valence-corrected chi connectivity index (χ4v) is 4.90. The van der Waals surface area contributed by atoms with Gasteiger partial charge < -0.3 is 22.1 Å². The smallest absolute Gasteiger partial charge is 0.221 e. The topological polar surface area (TPSA) is 196 Å². The number of nitrogens with two attached hydrogens (primary N) is 2. The molecular formula is C34H27ClN4O7. The average Bonchev–Trinajstić information content (AvgIpc) is 2.98. The second kappa shape index (κ2) is 13.4. The monoisotopic (exact) mass is 638 g/mol. The zero-order chi connectivity index (χ0) is 33.9. The summed E-state index contributed by atoms with van der Waals surface area (Å²) < 4.78 is 0. The van der Waals surface area contributed by atoms with Gasteiger partial charge in [0.1, 0.15) is 0 Å². The summed E-state index contributed by atoms with van der Waals surface area (Å²) >= 11 is 4.64. The molecule has 0 radical (unpaired) electrons. The lowest BCUT2D eigenvalue weighted by atomic mass is 9.83. The minimum Gasteiger partial charge on any atom is -0.399 e. The molecule has 0 aromatic heterocycles. The van der Waals surface area contributed by atoms with Crippen LogP contribution >= 0.6 is 11.6 Å². The maximum atomic E-state index is 12.8. The number of carbonyl (C=O) groups excluding carboxylic acids is 7. The molecule has 0 saturated carbocycles. The highest BCUT2D eigenvalue weighted by molar-refractivity contribution is 6.62. The van der Waals surface area contributed by atoms with Gasteiger partial charge in [0.2, 0.25) is 17.1 Å². The number of benzene rings is 4. The third kappa shape index (κ3) is 7.06.